The predicted molar refractivity (Wildman–Crippen MR) is 163 cm³/mol. The van der Waals surface area contributed by atoms with E-state index in [1.165, 1.54) is 5.56 Å². The van der Waals surface area contributed by atoms with Crippen molar-refractivity contribution in [1.82, 2.24) is 10.6 Å². The molecule has 232 valence electrons. The smallest absolute Gasteiger partial charge is 0.407 e. The van der Waals surface area contributed by atoms with Gasteiger partial charge in [-0.3, -0.25) is 0 Å². The van der Waals surface area contributed by atoms with Crippen LogP contribution < -0.4 is 10.6 Å². The molecule has 0 saturated carbocycles. The molecule has 0 radical (unpaired) electrons. The van der Waals surface area contributed by atoms with E-state index >= 15 is 0 Å². The Bertz CT molecular complexity index is 1300. The number of amides is 2. The van der Waals surface area contributed by atoms with Crippen LogP contribution in [0.15, 0.2) is 60.7 Å². The van der Waals surface area contributed by atoms with Crippen molar-refractivity contribution < 1.29 is 38.1 Å². The van der Waals surface area contributed by atoms with E-state index in [0.717, 1.165) is 28.3 Å². The second-order valence-corrected chi connectivity index (χ2v) is 10.4. The van der Waals surface area contributed by atoms with E-state index in [2.05, 4.69) is 31.1 Å². The third kappa shape index (κ3) is 13.3. The second kappa shape index (κ2) is 18.0. The van der Waals surface area contributed by atoms with Crippen molar-refractivity contribution >= 4 is 30.2 Å². The Hall–Kier alpha value is -4.60. The molecule has 43 heavy (non-hydrogen) atoms. The van der Waals surface area contributed by atoms with Crippen LogP contribution in [0.5, 0.6) is 0 Å². The van der Waals surface area contributed by atoms with Gasteiger partial charge in [0.2, 0.25) is 0 Å². The summed E-state index contributed by atoms with van der Waals surface area (Å²) in [5.41, 5.74) is 4.93. The van der Waals surface area contributed by atoms with Crippen molar-refractivity contribution in [2.75, 3.05) is 26.3 Å². The van der Waals surface area contributed by atoms with Crippen LogP contribution in [-0.4, -0.2) is 50.4 Å². The van der Waals surface area contributed by atoms with Crippen LogP contribution in [0.3, 0.4) is 0 Å². The molecular weight excluding hydrogens is 552 g/mol. The molecule has 0 heterocycles. The lowest BCUT2D eigenvalue weighted by Crippen LogP contribution is -2.28. The van der Waals surface area contributed by atoms with Crippen molar-refractivity contribution in [2.24, 2.45) is 0 Å². The van der Waals surface area contributed by atoms with Gasteiger partial charge < -0.3 is 29.6 Å². The Kier molecular flexibility index (Phi) is 14.5. The minimum Gasteiger partial charge on any atom is -0.461 e. The zero-order valence-electron chi connectivity index (χ0n) is 25.6. The first-order valence-electron chi connectivity index (χ1n) is 14.2. The molecule has 0 unspecified atom stereocenters. The molecule has 2 amide bonds. The number of carbonyl (C=O) groups is 4. The van der Waals surface area contributed by atoms with E-state index in [9.17, 15) is 19.2 Å². The van der Waals surface area contributed by atoms with Crippen molar-refractivity contribution in [3.8, 4) is 0 Å². The first-order valence-corrected chi connectivity index (χ1v) is 14.2. The number of esters is 2. The maximum atomic E-state index is 12.5. The lowest BCUT2D eigenvalue weighted by atomic mass is 9.97. The van der Waals surface area contributed by atoms with E-state index in [4.69, 9.17) is 18.9 Å². The van der Waals surface area contributed by atoms with Crippen LogP contribution in [-0.2, 0) is 41.8 Å². The van der Waals surface area contributed by atoms with Gasteiger partial charge in [0, 0.05) is 11.6 Å². The monoisotopic (exact) mass is 594 g/mol. The molecule has 0 aliphatic rings. The zero-order valence-corrected chi connectivity index (χ0v) is 25.6. The minimum atomic E-state index is -0.653. The Morgan fingerprint density at radius 3 is 1.95 bits per heavy atom. The van der Waals surface area contributed by atoms with Crippen LogP contribution in [0.4, 0.5) is 9.59 Å². The summed E-state index contributed by atoms with van der Waals surface area (Å²) >= 11 is 0. The van der Waals surface area contributed by atoms with Gasteiger partial charge in [0.25, 0.3) is 0 Å². The van der Waals surface area contributed by atoms with Crippen molar-refractivity contribution in [3.63, 3.8) is 0 Å². The molecule has 10 nitrogen and oxygen atoms in total. The highest BCUT2D eigenvalue weighted by atomic mass is 16.6. The molecule has 2 N–H and O–H groups in total. The lowest BCUT2D eigenvalue weighted by Gasteiger charge is -2.12. The molecule has 0 fully saturated rings. The topological polar surface area (TPSA) is 129 Å². The average Bonchev–Trinajstić information content (AvgIpc) is 2.98. The second-order valence-electron chi connectivity index (χ2n) is 10.4. The molecule has 10 heteroatoms. The average molecular weight is 595 g/mol. The van der Waals surface area contributed by atoms with Gasteiger partial charge in [-0.15, -0.1) is 0 Å². The summed E-state index contributed by atoms with van der Waals surface area (Å²) < 4.78 is 20.6. The van der Waals surface area contributed by atoms with E-state index < -0.39 is 24.1 Å². The van der Waals surface area contributed by atoms with Gasteiger partial charge in [0.1, 0.15) is 26.4 Å². The number of carbonyl (C=O) groups excluding carboxylic acids is 4. The zero-order chi connectivity index (χ0) is 31.8. The molecule has 2 aromatic carbocycles. The normalized spacial score (nSPS) is 11.1. The molecule has 0 atom stereocenters. The number of alkyl carbamates (subject to hydrolysis) is 2. The lowest BCUT2D eigenvalue weighted by molar-refractivity contribution is -0.139. The minimum absolute atomic E-state index is 0.000770. The molecule has 2 aromatic rings. The predicted octanol–water partition coefficient (Wildman–Crippen LogP) is 5.76. The molecule has 2 rings (SSSR count). The van der Waals surface area contributed by atoms with Gasteiger partial charge in [-0.05, 0) is 58.7 Å². The van der Waals surface area contributed by atoms with Crippen LogP contribution >= 0.6 is 0 Å². The summed E-state index contributed by atoms with van der Waals surface area (Å²) in [6, 6.07) is 13.6. The maximum absolute atomic E-state index is 12.5. The molecular formula is C33H42N2O8. The number of hydrogen-bond donors (Lipinski definition) is 2. The highest BCUT2D eigenvalue weighted by Gasteiger charge is 2.11. The number of nitrogens with one attached hydrogen (secondary N) is 2. The summed E-state index contributed by atoms with van der Waals surface area (Å²) in [6.45, 7) is 13.5. The standard InChI is InChI=1S/C33H42N2O8/c1-7-30(36)40-13-11-34-33(39)43-21-27-16-26(18-29(19-27)23(4)5)15-24(6)31(37)41-14-12-35-32(38)42-20-25-9-8-10-28(17-25)22(2)3/h7-10,15-19,22-23H,1,11-14,20-21H2,2-6H3,(H,34,39)(H,35,38)/b24-15+. The summed E-state index contributed by atoms with van der Waals surface area (Å²) in [5.74, 6) is -0.525. The molecule has 0 aromatic heterocycles. The van der Waals surface area contributed by atoms with Gasteiger partial charge in [-0.1, -0.05) is 70.7 Å². The Labute approximate surface area is 253 Å². The molecule has 0 spiro atoms. The fraction of sp³-hybridized carbons (Fsp3) is 0.394. The quantitative estimate of drug-likeness (QED) is 0.115. The molecule has 0 bridgehead atoms. The Morgan fingerprint density at radius 2 is 1.35 bits per heavy atom. The fourth-order valence-corrected chi connectivity index (χ4v) is 3.77. The van der Waals surface area contributed by atoms with E-state index in [-0.39, 0.29) is 45.4 Å². The van der Waals surface area contributed by atoms with E-state index in [0.29, 0.717) is 11.5 Å². The van der Waals surface area contributed by atoms with Crippen LogP contribution in [0.25, 0.3) is 6.08 Å². The highest BCUT2D eigenvalue weighted by molar-refractivity contribution is 5.93. The number of hydrogen-bond acceptors (Lipinski definition) is 8. The number of benzene rings is 2. The van der Waals surface area contributed by atoms with Crippen LogP contribution in [0.1, 0.15) is 74.3 Å². The van der Waals surface area contributed by atoms with Crippen molar-refractivity contribution in [2.45, 2.75) is 59.7 Å². The SMILES string of the molecule is C=CC(=O)OCCNC(=O)OCc1cc(/C=C(\C)C(=O)OCCNC(=O)OCc2cccc(C(C)C)c2)cc(C(C)C)c1. The third-order valence-electron chi connectivity index (χ3n) is 6.15. The largest absolute Gasteiger partial charge is 0.461 e. The van der Waals surface area contributed by atoms with Gasteiger partial charge in [0.15, 0.2) is 0 Å². The maximum Gasteiger partial charge on any atom is 0.407 e. The molecule has 0 aliphatic carbocycles. The first kappa shape index (κ1) is 34.6. The Balaban J connectivity index is 1.83. The van der Waals surface area contributed by atoms with Crippen molar-refractivity contribution in [3.05, 3.63) is 88.5 Å². The fourth-order valence-electron chi connectivity index (χ4n) is 3.77. The number of rotatable bonds is 15. The molecule has 0 saturated heterocycles. The molecule has 0 aliphatic heterocycles. The first-order chi connectivity index (χ1) is 20.5. The van der Waals surface area contributed by atoms with E-state index in [1.54, 1.807) is 13.0 Å². The van der Waals surface area contributed by atoms with E-state index in [1.807, 2.05) is 56.3 Å². The van der Waals surface area contributed by atoms with Gasteiger partial charge in [-0.2, -0.15) is 0 Å². The highest BCUT2D eigenvalue weighted by Crippen LogP contribution is 2.21. The summed E-state index contributed by atoms with van der Waals surface area (Å²) in [6.07, 6.45) is 1.49. The van der Waals surface area contributed by atoms with Gasteiger partial charge in [0.05, 0.1) is 13.1 Å². The number of ether oxygens (including phenoxy) is 4. The summed E-state index contributed by atoms with van der Waals surface area (Å²) in [5, 5.41) is 5.08. The van der Waals surface area contributed by atoms with Crippen LogP contribution in [0, 0.1) is 0 Å². The van der Waals surface area contributed by atoms with Gasteiger partial charge >= 0.3 is 24.1 Å². The van der Waals surface area contributed by atoms with Crippen molar-refractivity contribution in [1.29, 1.82) is 0 Å². The summed E-state index contributed by atoms with van der Waals surface area (Å²) in [4.78, 5) is 47.6. The van der Waals surface area contributed by atoms with Gasteiger partial charge in [-0.25, -0.2) is 19.2 Å². The van der Waals surface area contributed by atoms with Crippen LogP contribution in [0.2, 0.25) is 0 Å². The Morgan fingerprint density at radius 1 is 0.767 bits per heavy atom. The summed E-state index contributed by atoms with van der Waals surface area (Å²) in [7, 11) is 0. The third-order valence-corrected chi connectivity index (χ3v) is 6.15.